The summed E-state index contributed by atoms with van der Waals surface area (Å²) in [7, 11) is 0. The van der Waals surface area contributed by atoms with Crippen LogP contribution in [0.2, 0.25) is 0 Å². The summed E-state index contributed by atoms with van der Waals surface area (Å²) < 4.78 is 5.99. The number of hydrogen-bond acceptors (Lipinski definition) is 3. The van der Waals surface area contributed by atoms with E-state index in [1.54, 1.807) is 0 Å². The number of likely N-dealkylation sites (tertiary alicyclic amines) is 2. The lowest BCUT2D eigenvalue weighted by atomic mass is 9.68. The molecule has 2 saturated heterocycles. The molecule has 0 aromatic carbocycles. The second kappa shape index (κ2) is 7.63. The summed E-state index contributed by atoms with van der Waals surface area (Å²) in [5, 5.41) is 3.54. The van der Waals surface area contributed by atoms with Crippen molar-refractivity contribution in [1.29, 1.82) is 0 Å². The van der Waals surface area contributed by atoms with Crippen molar-refractivity contribution in [3.8, 4) is 0 Å². The molecule has 5 heteroatoms. The minimum absolute atomic E-state index is 0.264. The number of nitrogens with one attached hydrogen (secondary N) is 1. The van der Waals surface area contributed by atoms with Gasteiger partial charge in [-0.2, -0.15) is 0 Å². The smallest absolute Gasteiger partial charge is 0.194 e. The summed E-state index contributed by atoms with van der Waals surface area (Å²) in [4.78, 5) is 10.1. The quantitative estimate of drug-likeness (QED) is 0.646. The molecule has 1 atom stereocenters. The van der Waals surface area contributed by atoms with Crippen LogP contribution in [0.1, 0.15) is 63.0 Å². The first-order chi connectivity index (χ1) is 12.7. The highest BCUT2D eigenvalue weighted by Crippen LogP contribution is 2.47. The van der Waals surface area contributed by atoms with Crippen molar-refractivity contribution in [1.82, 2.24) is 15.1 Å². The highest BCUT2D eigenvalue weighted by molar-refractivity contribution is 5.80. The molecule has 2 aliphatic heterocycles. The molecule has 26 heavy (non-hydrogen) atoms. The molecule has 3 aliphatic rings. The molecule has 3 heterocycles. The Bertz CT molecular complexity index is 628. The van der Waals surface area contributed by atoms with Crippen LogP contribution in [-0.2, 0) is 0 Å². The van der Waals surface area contributed by atoms with Gasteiger partial charge in [0.25, 0.3) is 0 Å². The van der Waals surface area contributed by atoms with E-state index in [1.165, 1.54) is 45.1 Å². The maximum Gasteiger partial charge on any atom is 0.194 e. The van der Waals surface area contributed by atoms with Crippen LogP contribution in [0, 0.1) is 12.3 Å². The van der Waals surface area contributed by atoms with E-state index in [9.17, 15) is 0 Å². The van der Waals surface area contributed by atoms with E-state index in [-0.39, 0.29) is 6.04 Å². The maximum absolute atomic E-state index is 5.99. The zero-order chi connectivity index (χ0) is 18.0. The average Bonchev–Trinajstić information content (AvgIpc) is 3.34. The van der Waals surface area contributed by atoms with Crippen LogP contribution in [0.3, 0.4) is 0 Å². The summed E-state index contributed by atoms with van der Waals surface area (Å²) in [5.41, 5.74) is 0.600. The Labute approximate surface area is 157 Å². The van der Waals surface area contributed by atoms with Gasteiger partial charge in [-0.3, -0.25) is 9.89 Å². The summed E-state index contributed by atoms with van der Waals surface area (Å²) in [6.45, 7) is 10.5. The number of guanidine groups is 1. The van der Waals surface area contributed by atoms with Gasteiger partial charge in [-0.05, 0) is 76.6 Å². The highest BCUT2D eigenvalue weighted by atomic mass is 16.3. The lowest BCUT2D eigenvalue weighted by molar-refractivity contribution is 0.151. The molecule has 0 bridgehead atoms. The molecular formula is C21H34N4O. The van der Waals surface area contributed by atoms with Crippen molar-refractivity contribution in [2.45, 2.75) is 58.4 Å². The molecule has 144 valence electrons. The van der Waals surface area contributed by atoms with E-state index in [2.05, 4.69) is 34.2 Å². The topological polar surface area (TPSA) is 44.0 Å². The van der Waals surface area contributed by atoms with E-state index in [1.807, 2.05) is 6.92 Å². The van der Waals surface area contributed by atoms with Gasteiger partial charge >= 0.3 is 0 Å². The van der Waals surface area contributed by atoms with E-state index in [4.69, 9.17) is 9.41 Å². The van der Waals surface area contributed by atoms with Gasteiger partial charge in [0.15, 0.2) is 5.96 Å². The first kappa shape index (κ1) is 17.9. The molecule has 4 rings (SSSR count). The van der Waals surface area contributed by atoms with Crippen LogP contribution in [0.25, 0.3) is 0 Å². The summed E-state index contributed by atoms with van der Waals surface area (Å²) in [5.74, 6) is 3.16. The predicted molar refractivity (Wildman–Crippen MR) is 105 cm³/mol. The number of furan rings is 1. The summed E-state index contributed by atoms with van der Waals surface area (Å²) in [6.07, 6.45) is 8.14. The summed E-state index contributed by atoms with van der Waals surface area (Å²) in [6, 6.07) is 4.48. The fourth-order valence-corrected chi connectivity index (χ4v) is 4.87. The molecule has 1 N–H and O–H groups in total. The zero-order valence-corrected chi connectivity index (χ0v) is 16.5. The first-order valence-corrected chi connectivity index (χ1v) is 10.5. The predicted octanol–water partition coefficient (Wildman–Crippen LogP) is 3.57. The van der Waals surface area contributed by atoms with Gasteiger partial charge < -0.3 is 14.6 Å². The van der Waals surface area contributed by atoms with Gasteiger partial charge in [0, 0.05) is 19.6 Å². The maximum atomic E-state index is 5.99. The van der Waals surface area contributed by atoms with Crippen molar-refractivity contribution in [2.75, 3.05) is 39.3 Å². The second-order valence-electron chi connectivity index (χ2n) is 8.43. The van der Waals surface area contributed by atoms with E-state index >= 15 is 0 Å². The van der Waals surface area contributed by atoms with Crippen molar-refractivity contribution < 1.29 is 4.42 Å². The molecule has 0 amide bonds. The van der Waals surface area contributed by atoms with Crippen molar-refractivity contribution in [3.63, 3.8) is 0 Å². The molecule has 1 aromatic rings. The zero-order valence-electron chi connectivity index (χ0n) is 16.5. The molecule has 1 unspecified atom stereocenters. The van der Waals surface area contributed by atoms with Crippen LogP contribution in [-0.4, -0.2) is 55.0 Å². The Balaban J connectivity index is 1.49. The van der Waals surface area contributed by atoms with Gasteiger partial charge in [-0.25, -0.2) is 0 Å². The van der Waals surface area contributed by atoms with E-state index < -0.39 is 0 Å². The number of aryl methyl sites for hydroxylation is 1. The average molecular weight is 359 g/mol. The molecule has 1 saturated carbocycles. The summed E-state index contributed by atoms with van der Waals surface area (Å²) >= 11 is 0. The Morgan fingerprint density at radius 2 is 2.00 bits per heavy atom. The van der Waals surface area contributed by atoms with Gasteiger partial charge in [0.05, 0.1) is 12.6 Å². The molecule has 5 nitrogen and oxygen atoms in total. The van der Waals surface area contributed by atoms with Crippen LogP contribution in [0.5, 0.6) is 0 Å². The third-order valence-corrected chi connectivity index (χ3v) is 6.57. The molecule has 1 aliphatic carbocycles. The molecule has 0 radical (unpaired) electrons. The molecule has 1 spiro atoms. The number of aliphatic imine (C=N–C) groups is 1. The fourth-order valence-electron chi connectivity index (χ4n) is 4.87. The Morgan fingerprint density at radius 3 is 2.58 bits per heavy atom. The monoisotopic (exact) mass is 358 g/mol. The lowest BCUT2D eigenvalue weighted by Gasteiger charge is -2.38. The Hall–Kier alpha value is -1.49. The van der Waals surface area contributed by atoms with Gasteiger partial charge in [-0.1, -0.05) is 6.42 Å². The second-order valence-corrected chi connectivity index (χ2v) is 8.43. The third-order valence-electron chi connectivity index (χ3n) is 6.57. The van der Waals surface area contributed by atoms with Crippen LogP contribution >= 0.6 is 0 Å². The van der Waals surface area contributed by atoms with E-state index in [0.29, 0.717) is 5.41 Å². The van der Waals surface area contributed by atoms with Gasteiger partial charge in [-0.15, -0.1) is 0 Å². The normalized spacial score (nSPS) is 24.2. The number of rotatable bonds is 5. The minimum Gasteiger partial charge on any atom is -0.465 e. The third kappa shape index (κ3) is 3.64. The Kier molecular flexibility index (Phi) is 5.25. The SMILES string of the molecule is CCNC(=NCC(c1ccc(C)o1)N1CCCC1)N1CCC2(CCC2)C1. The molecule has 1 aromatic heterocycles. The minimum atomic E-state index is 0.264. The first-order valence-electron chi connectivity index (χ1n) is 10.5. The highest BCUT2D eigenvalue weighted by Gasteiger charge is 2.43. The van der Waals surface area contributed by atoms with Crippen LogP contribution in [0.15, 0.2) is 21.5 Å². The van der Waals surface area contributed by atoms with Crippen LogP contribution in [0.4, 0.5) is 0 Å². The largest absolute Gasteiger partial charge is 0.465 e. The van der Waals surface area contributed by atoms with Crippen molar-refractivity contribution in [2.24, 2.45) is 10.4 Å². The number of nitrogens with zero attached hydrogens (tertiary/aromatic N) is 3. The fraction of sp³-hybridized carbons (Fsp3) is 0.762. The lowest BCUT2D eigenvalue weighted by Crippen LogP contribution is -2.43. The number of hydrogen-bond donors (Lipinski definition) is 1. The van der Waals surface area contributed by atoms with Crippen molar-refractivity contribution in [3.05, 3.63) is 23.7 Å². The van der Waals surface area contributed by atoms with Gasteiger partial charge in [0.2, 0.25) is 0 Å². The van der Waals surface area contributed by atoms with Gasteiger partial charge in [0.1, 0.15) is 11.5 Å². The van der Waals surface area contributed by atoms with Crippen molar-refractivity contribution >= 4 is 5.96 Å². The van der Waals surface area contributed by atoms with Crippen LogP contribution < -0.4 is 5.32 Å². The molecular weight excluding hydrogens is 324 g/mol. The Morgan fingerprint density at radius 1 is 1.19 bits per heavy atom. The van der Waals surface area contributed by atoms with E-state index in [0.717, 1.165) is 50.2 Å². The standard InChI is InChI=1S/C21H34N4O/c1-3-22-20(25-14-11-21(16-25)9-6-10-21)23-15-18(24-12-4-5-13-24)19-8-7-17(2)26-19/h7-8,18H,3-6,9-16H2,1-2H3,(H,22,23). The molecule has 3 fully saturated rings.